The van der Waals surface area contributed by atoms with Crippen LogP contribution < -0.4 is 11.1 Å². The molecular formula is C19H26FN3O4S3. The number of thioether (sulfide) groups is 2. The largest absolute Gasteiger partial charge is 0.340 e. The van der Waals surface area contributed by atoms with Crippen molar-refractivity contribution in [1.29, 1.82) is 5.26 Å². The Morgan fingerprint density at radius 1 is 1.43 bits per heavy atom. The van der Waals surface area contributed by atoms with Crippen molar-refractivity contribution in [1.82, 2.24) is 5.32 Å². The van der Waals surface area contributed by atoms with Crippen LogP contribution in [0.1, 0.15) is 25.7 Å². The van der Waals surface area contributed by atoms with E-state index in [9.17, 15) is 17.6 Å². The second kappa shape index (κ2) is 11.3. The third-order valence-corrected chi connectivity index (χ3v) is 7.59. The quantitative estimate of drug-likeness (QED) is 0.301. The highest BCUT2D eigenvalue weighted by molar-refractivity contribution is 7.99. The molecule has 166 valence electrons. The van der Waals surface area contributed by atoms with Crippen molar-refractivity contribution in [3.05, 3.63) is 24.0 Å². The van der Waals surface area contributed by atoms with Crippen LogP contribution in [-0.4, -0.2) is 50.8 Å². The number of nitrogens with two attached hydrogens (primary N) is 1. The van der Waals surface area contributed by atoms with E-state index in [2.05, 4.69) is 5.32 Å². The van der Waals surface area contributed by atoms with Gasteiger partial charge in [-0.2, -0.15) is 13.7 Å². The van der Waals surface area contributed by atoms with E-state index in [1.54, 1.807) is 12.1 Å². The number of halogens is 1. The fourth-order valence-electron chi connectivity index (χ4n) is 3.47. The first-order chi connectivity index (χ1) is 14.2. The summed E-state index contributed by atoms with van der Waals surface area (Å²) < 4.78 is 43.5. The van der Waals surface area contributed by atoms with Crippen LogP contribution in [0.5, 0.6) is 0 Å². The molecule has 1 aromatic carbocycles. The summed E-state index contributed by atoms with van der Waals surface area (Å²) in [6.45, 7) is 0.222. The number of nitriles is 1. The standard InChI is InChI=1S/C19H26FN3O4S3/c1-30(25,26)27-19(18(24)23-10-8-21)7-3-2-4-14(19)13-29-15-5-6-17(16(20)12-15)28-11-9-22/h5-6,12,14H,2-4,7,9-11,13,22H2,1H3,(H,23,24). The minimum Gasteiger partial charge on any atom is -0.340 e. The number of nitrogens with one attached hydrogen (secondary N) is 1. The van der Waals surface area contributed by atoms with E-state index in [0.717, 1.165) is 12.7 Å². The van der Waals surface area contributed by atoms with Crippen molar-refractivity contribution in [2.75, 3.05) is 30.9 Å². The Morgan fingerprint density at radius 2 is 2.20 bits per heavy atom. The molecule has 0 bridgehead atoms. The summed E-state index contributed by atoms with van der Waals surface area (Å²) in [5.74, 6) is -0.343. The van der Waals surface area contributed by atoms with Crippen molar-refractivity contribution in [2.45, 2.75) is 41.1 Å². The van der Waals surface area contributed by atoms with Crippen LogP contribution in [0.3, 0.4) is 0 Å². The normalized spacial score (nSPS) is 21.7. The number of rotatable bonds is 10. The number of benzene rings is 1. The average molecular weight is 476 g/mol. The lowest BCUT2D eigenvalue weighted by atomic mass is 9.75. The van der Waals surface area contributed by atoms with Gasteiger partial charge in [0.2, 0.25) is 0 Å². The number of carbonyl (C=O) groups is 1. The molecule has 2 unspecified atom stereocenters. The smallest absolute Gasteiger partial charge is 0.265 e. The van der Waals surface area contributed by atoms with Gasteiger partial charge in [-0.1, -0.05) is 6.42 Å². The van der Waals surface area contributed by atoms with Crippen molar-refractivity contribution >= 4 is 39.5 Å². The average Bonchev–Trinajstić information content (AvgIpc) is 2.69. The SMILES string of the molecule is CS(=O)(=O)OC1(C(=O)NCC#N)CCCCC1CSc1ccc(SCCN)c(F)c1. The fourth-order valence-corrected chi connectivity index (χ4v) is 6.19. The number of hydrogen-bond acceptors (Lipinski definition) is 8. The van der Waals surface area contributed by atoms with Crippen molar-refractivity contribution in [2.24, 2.45) is 11.7 Å². The molecule has 1 aliphatic rings. The summed E-state index contributed by atoms with van der Waals surface area (Å²) in [6, 6.07) is 6.74. The minimum atomic E-state index is -3.92. The number of hydrogen-bond donors (Lipinski definition) is 2. The van der Waals surface area contributed by atoms with Crippen molar-refractivity contribution in [3.8, 4) is 6.07 Å². The summed E-state index contributed by atoms with van der Waals surface area (Å²) in [7, 11) is -3.92. The fraction of sp³-hybridized carbons (Fsp3) is 0.579. The highest BCUT2D eigenvalue weighted by atomic mass is 32.2. The molecule has 1 aromatic rings. The van der Waals surface area contributed by atoms with Gasteiger partial charge in [-0.25, -0.2) is 4.39 Å². The first-order valence-electron chi connectivity index (χ1n) is 9.53. The molecule has 0 heterocycles. The second-order valence-electron chi connectivity index (χ2n) is 7.00. The lowest BCUT2D eigenvalue weighted by Crippen LogP contribution is -2.57. The first-order valence-corrected chi connectivity index (χ1v) is 13.3. The van der Waals surface area contributed by atoms with Gasteiger partial charge in [0, 0.05) is 33.8 Å². The summed E-state index contributed by atoms with van der Waals surface area (Å²) in [4.78, 5) is 14.0. The molecule has 0 aromatic heterocycles. The first kappa shape index (κ1) is 24.9. The Bertz CT molecular complexity index is 892. The third kappa shape index (κ3) is 6.85. The number of carbonyl (C=O) groups excluding carboxylic acids is 1. The van der Waals surface area contributed by atoms with Crippen molar-refractivity contribution < 1.29 is 21.8 Å². The molecule has 2 atom stereocenters. The zero-order valence-electron chi connectivity index (χ0n) is 16.7. The molecule has 30 heavy (non-hydrogen) atoms. The molecule has 3 N–H and O–H groups in total. The maximum Gasteiger partial charge on any atom is 0.265 e. The molecule has 0 radical (unpaired) electrons. The molecule has 1 aliphatic carbocycles. The van der Waals surface area contributed by atoms with Crippen LogP contribution in [0.2, 0.25) is 0 Å². The molecular weight excluding hydrogens is 449 g/mol. The van der Waals surface area contributed by atoms with Gasteiger partial charge in [0.05, 0.1) is 12.3 Å². The zero-order valence-corrected chi connectivity index (χ0v) is 19.2. The molecule has 2 rings (SSSR count). The van der Waals surface area contributed by atoms with Gasteiger partial charge >= 0.3 is 0 Å². The Kier molecular flexibility index (Phi) is 9.43. The Balaban J connectivity index is 2.20. The highest BCUT2D eigenvalue weighted by Gasteiger charge is 2.50. The maximum absolute atomic E-state index is 14.3. The minimum absolute atomic E-state index is 0.235. The van der Waals surface area contributed by atoms with E-state index in [0.29, 0.717) is 40.7 Å². The van der Waals surface area contributed by atoms with Gasteiger partial charge in [-0.15, -0.1) is 23.5 Å². The zero-order chi connectivity index (χ0) is 22.2. The van der Waals surface area contributed by atoms with Gasteiger partial charge in [0.25, 0.3) is 16.0 Å². The van der Waals surface area contributed by atoms with Crippen LogP contribution in [0.25, 0.3) is 0 Å². The van der Waals surface area contributed by atoms with E-state index in [-0.39, 0.29) is 18.8 Å². The third-order valence-electron chi connectivity index (χ3n) is 4.75. The van der Waals surface area contributed by atoms with Crippen molar-refractivity contribution in [3.63, 3.8) is 0 Å². The van der Waals surface area contributed by atoms with E-state index in [4.69, 9.17) is 15.2 Å². The van der Waals surface area contributed by atoms with E-state index in [1.807, 2.05) is 6.07 Å². The molecule has 0 saturated heterocycles. The lowest BCUT2D eigenvalue weighted by Gasteiger charge is -2.41. The molecule has 0 spiro atoms. The molecule has 1 amide bonds. The van der Waals surface area contributed by atoms with E-state index in [1.165, 1.54) is 29.6 Å². The predicted molar refractivity (Wildman–Crippen MR) is 116 cm³/mol. The lowest BCUT2D eigenvalue weighted by molar-refractivity contribution is -0.143. The molecule has 7 nitrogen and oxygen atoms in total. The topological polar surface area (TPSA) is 122 Å². The van der Waals surface area contributed by atoms with Gasteiger partial charge < -0.3 is 11.1 Å². The number of amides is 1. The summed E-state index contributed by atoms with van der Waals surface area (Å²) in [6.07, 6.45) is 3.21. The highest BCUT2D eigenvalue weighted by Crippen LogP contribution is 2.41. The van der Waals surface area contributed by atoms with Crippen LogP contribution in [-0.2, 0) is 19.1 Å². The van der Waals surface area contributed by atoms with Gasteiger partial charge in [0.1, 0.15) is 12.4 Å². The summed E-state index contributed by atoms with van der Waals surface area (Å²) >= 11 is 2.69. The van der Waals surface area contributed by atoms with Crippen LogP contribution in [0, 0.1) is 23.1 Å². The van der Waals surface area contributed by atoms with Gasteiger partial charge in [-0.3, -0.25) is 8.98 Å². The van der Waals surface area contributed by atoms with E-state index < -0.39 is 27.5 Å². The predicted octanol–water partition coefficient (Wildman–Crippen LogP) is 2.51. The second-order valence-corrected chi connectivity index (χ2v) is 10.8. The number of nitrogens with zero attached hydrogens (tertiary/aromatic N) is 1. The molecule has 0 aliphatic heterocycles. The van der Waals surface area contributed by atoms with Crippen LogP contribution in [0.4, 0.5) is 4.39 Å². The van der Waals surface area contributed by atoms with Gasteiger partial charge in [0.15, 0.2) is 5.60 Å². The molecule has 11 heteroatoms. The maximum atomic E-state index is 14.3. The Hall–Kier alpha value is -1.32. The molecule has 1 saturated carbocycles. The van der Waals surface area contributed by atoms with Crippen LogP contribution in [0.15, 0.2) is 28.0 Å². The van der Waals surface area contributed by atoms with E-state index >= 15 is 0 Å². The Morgan fingerprint density at radius 3 is 2.83 bits per heavy atom. The summed E-state index contributed by atoms with van der Waals surface area (Å²) in [5, 5.41) is 11.2. The van der Waals surface area contributed by atoms with Gasteiger partial charge in [-0.05, 0) is 37.5 Å². The molecule has 1 fully saturated rings. The van der Waals surface area contributed by atoms with Crippen LogP contribution >= 0.6 is 23.5 Å². The monoisotopic (exact) mass is 475 g/mol. The summed E-state index contributed by atoms with van der Waals surface area (Å²) in [5.41, 5.74) is 3.89. The Labute approximate surface area is 185 Å².